The van der Waals surface area contributed by atoms with Crippen molar-refractivity contribution in [1.82, 2.24) is 10.2 Å². The molecule has 0 amide bonds. The lowest BCUT2D eigenvalue weighted by molar-refractivity contribution is 0.414. The molecule has 0 radical (unpaired) electrons. The third-order valence-corrected chi connectivity index (χ3v) is 2.41. The van der Waals surface area contributed by atoms with E-state index in [1.54, 1.807) is 14.0 Å². The van der Waals surface area contributed by atoms with Crippen molar-refractivity contribution < 1.29 is 9.15 Å². The SMILES string of the molecule is COc1cccc(CNc2nnc(C(C)N)o2)c1. The molecular formula is C12H16N4O2. The van der Waals surface area contributed by atoms with Crippen molar-refractivity contribution in [3.63, 3.8) is 0 Å². The molecule has 0 aliphatic carbocycles. The summed E-state index contributed by atoms with van der Waals surface area (Å²) in [6.45, 7) is 2.37. The van der Waals surface area contributed by atoms with Gasteiger partial charge in [-0.2, -0.15) is 0 Å². The van der Waals surface area contributed by atoms with E-state index in [0.29, 0.717) is 18.5 Å². The molecule has 3 N–H and O–H groups in total. The van der Waals surface area contributed by atoms with Gasteiger partial charge >= 0.3 is 6.01 Å². The van der Waals surface area contributed by atoms with E-state index in [4.69, 9.17) is 14.9 Å². The van der Waals surface area contributed by atoms with Gasteiger partial charge in [-0.15, -0.1) is 5.10 Å². The average molecular weight is 248 g/mol. The third-order valence-electron chi connectivity index (χ3n) is 2.41. The smallest absolute Gasteiger partial charge is 0.315 e. The normalized spacial score (nSPS) is 12.2. The lowest BCUT2D eigenvalue weighted by Crippen LogP contribution is -2.04. The van der Waals surface area contributed by atoms with Gasteiger partial charge in [-0.05, 0) is 24.6 Å². The highest BCUT2D eigenvalue weighted by molar-refractivity contribution is 5.31. The largest absolute Gasteiger partial charge is 0.497 e. The van der Waals surface area contributed by atoms with E-state index in [1.165, 1.54) is 0 Å². The Hall–Kier alpha value is -2.08. The van der Waals surface area contributed by atoms with Gasteiger partial charge in [0.05, 0.1) is 13.2 Å². The Balaban J connectivity index is 1.97. The predicted molar refractivity (Wildman–Crippen MR) is 67.2 cm³/mol. The molecule has 1 aromatic carbocycles. The quantitative estimate of drug-likeness (QED) is 0.837. The van der Waals surface area contributed by atoms with Crippen molar-refractivity contribution in [2.75, 3.05) is 12.4 Å². The summed E-state index contributed by atoms with van der Waals surface area (Å²) in [5, 5.41) is 10.7. The Bertz CT molecular complexity index is 510. The van der Waals surface area contributed by atoms with Crippen LogP contribution in [0.25, 0.3) is 0 Å². The van der Waals surface area contributed by atoms with Crippen LogP contribution in [0.2, 0.25) is 0 Å². The number of benzene rings is 1. The zero-order valence-corrected chi connectivity index (χ0v) is 10.4. The highest BCUT2D eigenvalue weighted by atomic mass is 16.5. The Morgan fingerprint density at radius 3 is 2.94 bits per heavy atom. The summed E-state index contributed by atoms with van der Waals surface area (Å²) in [5.74, 6) is 1.24. The van der Waals surface area contributed by atoms with Crippen LogP contribution in [0, 0.1) is 0 Å². The molecule has 96 valence electrons. The molecule has 0 saturated heterocycles. The fraction of sp³-hybridized carbons (Fsp3) is 0.333. The molecule has 1 unspecified atom stereocenters. The van der Waals surface area contributed by atoms with Gasteiger partial charge in [-0.25, -0.2) is 0 Å². The van der Waals surface area contributed by atoms with Crippen LogP contribution >= 0.6 is 0 Å². The maximum absolute atomic E-state index is 5.63. The fourth-order valence-corrected chi connectivity index (χ4v) is 1.45. The fourth-order valence-electron chi connectivity index (χ4n) is 1.45. The van der Waals surface area contributed by atoms with Gasteiger partial charge in [0.2, 0.25) is 5.89 Å². The lowest BCUT2D eigenvalue weighted by Gasteiger charge is -2.04. The summed E-state index contributed by atoms with van der Waals surface area (Å²) >= 11 is 0. The third kappa shape index (κ3) is 2.98. The standard InChI is InChI=1S/C12H16N4O2/c1-8(13)11-15-16-12(18-11)14-7-9-4-3-5-10(6-9)17-2/h3-6,8H,7,13H2,1-2H3,(H,14,16). The first-order chi connectivity index (χ1) is 8.69. The molecule has 6 nitrogen and oxygen atoms in total. The number of anilines is 1. The van der Waals surface area contributed by atoms with E-state index >= 15 is 0 Å². The summed E-state index contributed by atoms with van der Waals surface area (Å²) in [7, 11) is 1.64. The van der Waals surface area contributed by atoms with Crippen LogP contribution in [-0.4, -0.2) is 17.3 Å². The van der Waals surface area contributed by atoms with Crippen molar-refractivity contribution in [2.45, 2.75) is 19.5 Å². The van der Waals surface area contributed by atoms with Crippen molar-refractivity contribution in [3.05, 3.63) is 35.7 Å². The summed E-state index contributed by atoms with van der Waals surface area (Å²) < 4.78 is 10.5. The van der Waals surface area contributed by atoms with Gasteiger partial charge < -0.3 is 20.2 Å². The van der Waals surface area contributed by atoms with Crippen molar-refractivity contribution in [3.8, 4) is 5.75 Å². The van der Waals surface area contributed by atoms with E-state index in [2.05, 4.69) is 15.5 Å². The van der Waals surface area contributed by atoms with Crippen LogP contribution in [0.5, 0.6) is 5.75 Å². The highest BCUT2D eigenvalue weighted by Crippen LogP contribution is 2.15. The van der Waals surface area contributed by atoms with Crippen molar-refractivity contribution in [1.29, 1.82) is 0 Å². The number of methoxy groups -OCH3 is 1. The van der Waals surface area contributed by atoms with E-state index in [-0.39, 0.29) is 6.04 Å². The Morgan fingerprint density at radius 2 is 2.28 bits per heavy atom. The van der Waals surface area contributed by atoms with Gasteiger partial charge in [0, 0.05) is 6.54 Å². The van der Waals surface area contributed by atoms with Crippen molar-refractivity contribution in [2.24, 2.45) is 5.73 Å². The number of nitrogens with zero attached hydrogens (tertiary/aromatic N) is 2. The second-order valence-corrected chi connectivity index (χ2v) is 3.94. The van der Waals surface area contributed by atoms with E-state index < -0.39 is 0 Å². The number of nitrogens with one attached hydrogen (secondary N) is 1. The van der Waals surface area contributed by atoms with Gasteiger partial charge in [0.1, 0.15) is 5.75 Å². The highest BCUT2D eigenvalue weighted by Gasteiger charge is 2.09. The number of hydrogen-bond acceptors (Lipinski definition) is 6. The lowest BCUT2D eigenvalue weighted by atomic mass is 10.2. The molecule has 1 heterocycles. The number of hydrogen-bond donors (Lipinski definition) is 2. The van der Waals surface area contributed by atoms with Gasteiger partial charge in [-0.3, -0.25) is 0 Å². The topological polar surface area (TPSA) is 86.2 Å². The van der Waals surface area contributed by atoms with E-state index in [9.17, 15) is 0 Å². The number of nitrogens with two attached hydrogens (primary N) is 1. The number of aromatic nitrogens is 2. The molecule has 0 bridgehead atoms. The van der Waals surface area contributed by atoms with E-state index in [1.807, 2.05) is 24.3 Å². The minimum absolute atomic E-state index is 0.259. The Kier molecular flexibility index (Phi) is 3.78. The predicted octanol–water partition coefficient (Wildman–Crippen LogP) is 1.71. The Morgan fingerprint density at radius 1 is 1.44 bits per heavy atom. The first kappa shape index (κ1) is 12.4. The molecule has 0 aliphatic rings. The molecule has 0 saturated carbocycles. The first-order valence-electron chi connectivity index (χ1n) is 5.65. The molecule has 2 rings (SSSR count). The molecule has 0 spiro atoms. The van der Waals surface area contributed by atoms with Crippen LogP contribution in [0.15, 0.2) is 28.7 Å². The molecule has 1 aromatic heterocycles. The average Bonchev–Trinajstić information content (AvgIpc) is 2.85. The second-order valence-electron chi connectivity index (χ2n) is 3.94. The maximum atomic E-state index is 5.63. The van der Waals surface area contributed by atoms with Crippen molar-refractivity contribution >= 4 is 6.01 Å². The summed E-state index contributed by atoms with van der Waals surface area (Å²) in [6, 6.07) is 7.85. The van der Waals surface area contributed by atoms with Gasteiger partial charge in [0.15, 0.2) is 0 Å². The minimum Gasteiger partial charge on any atom is -0.497 e. The number of rotatable bonds is 5. The van der Waals surface area contributed by atoms with Crippen LogP contribution in [-0.2, 0) is 6.54 Å². The van der Waals surface area contributed by atoms with Crippen LogP contribution in [0.3, 0.4) is 0 Å². The summed E-state index contributed by atoms with van der Waals surface area (Å²) in [6.07, 6.45) is 0. The monoisotopic (exact) mass is 248 g/mol. The minimum atomic E-state index is -0.259. The maximum Gasteiger partial charge on any atom is 0.315 e. The zero-order chi connectivity index (χ0) is 13.0. The molecule has 6 heteroatoms. The van der Waals surface area contributed by atoms with Crippen LogP contribution in [0.4, 0.5) is 6.01 Å². The summed E-state index contributed by atoms with van der Waals surface area (Å²) in [4.78, 5) is 0. The number of ether oxygens (including phenoxy) is 1. The molecule has 1 atom stereocenters. The second kappa shape index (κ2) is 5.50. The Labute approximate surface area is 105 Å². The van der Waals surface area contributed by atoms with Gasteiger partial charge in [0.25, 0.3) is 0 Å². The van der Waals surface area contributed by atoms with Crippen LogP contribution in [0.1, 0.15) is 24.4 Å². The van der Waals surface area contributed by atoms with E-state index in [0.717, 1.165) is 11.3 Å². The molecular weight excluding hydrogens is 232 g/mol. The molecule has 18 heavy (non-hydrogen) atoms. The summed E-state index contributed by atoms with van der Waals surface area (Å²) in [5.41, 5.74) is 6.70. The molecule has 2 aromatic rings. The van der Waals surface area contributed by atoms with Gasteiger partial charge in [-0.1, -0.05) is 17.2 Å². The molecule has 0 aliphatic heterocycles. The molecule has 0 fully saturated rings. The van der Waals surface area contributed by atoms with Crippen LogP contribution < -0.4 is 15.8 Å². The first-order valence-corrected chi connectivity index (χ1v) is 5.65. The zero-order valence-electron chi connectivity index (χ0n) is 10.4.